The summed E-state index contributed by atoms with van der Waals surface area (Å²) in [7, 11) is 3.21. The van der Waals surface area contributed by atoms with Gasteiger partial charge >= 0.3 is 0 Å². The molecule has 0 rings (SSSR count). The summed E-state index contributed by atoms with van der Waals surface area (Å²) in [5.41, 5.74) is 0. The van der Waals surface area contributed by atoms with E-state index in [0.717, 1.165) is 0 Å². The van der Waals surface area contributed by atoms with Gasteiger partial charge in [-0.1, -0.05) is 0 Å². The Kier molecular flexibility index (Phi) is 13.0. The second-order valence-electron chi connectivity index (χ2n) is 1.26. The third-order valence-corrected chi connectivity index (χ3v) is 0.664. The molecule has 0 N–H and O–H groups in total. The van der Waals surface area contributed by atoms with Gasteiger partial charge in [-0.2, -0.15) is 5.26 Å². The molecule has 0 amide bonds. The Morgan fingerprint density at radius 1 is 1.33 bits per heavy atom. The van der Waals surface area contributed by atoms with Crippen molar-refractivity contribution in [2.75, 3.05) is 14.2 Å². The van der Waals surface area contributed by atoms with Crippen molar-refractivity contribution in [2.24, 2.45) is 0 Å². The van der Waals surface area contributed by atoms with Crippen molar-refractivity contribution in [3.63, 3.8) is 0 Å². The van der Waals surface area contributed by atoms with Gasteiger partial charge in [0.1, 0.15) is 0 Å². The lowest BCUT2D eigenvalue weighted by atomic mass is 10.8. The average Bonchev–Trinajstić information content (AvgIpc) is 1.88. The molecule has 9 heavy (non-hydrogen) atoms. The van der Waals surface area contributed by atoms with E-state index in [-0.39, 0.29) is 6.29 Å². The Hall–Kier alpha value is -0.590. The highest BCUT2D eigenvalue weighted by Gasteiger charge is 1.87. The van der Waals surface area contributed by atoms with E-state index in [2.05, 4.69) is 9.47 Å². The number of ether oxygens (including phenoxy) is 2. The van der Waals surface area contributed by atoms with Gasteiger partial charge in [-0.05, 0) is 6.92 Å². The van der Waals surface area contributed by atoms with E-state index in [4.69, 9.17) is 5.26 Å². The highest BCUT2D eigenvalue weighted by molar-refractivity contribution is 4.51. The number of nitriles is 1. The molecule has 0 saturated carbocycles. The van der Waals surface area contributed by atoms with Crippen LogP contribution in [-0.4, -0.2) is 20.5 Å². The zero-order valence-corrected chi connectivity index (χ0v) is 6.34. The van der Waals surface area contributed by atoms with E-state index in [1.54, 1.807) is 20.3 Å². The Balaban J connectivity index is 0. The lowest BCUT2D eigenvalue weighted by Gasteiger charge is -2.03. The molecule has 0 aliphatic rings. The highest BCUT2D eigenvalue weighted by Crippen LogP contribution is 1.82. The van der Waals surface area contributed by atoms with Crippen molar-refractivity contribution in [3.8, 4) is 6.07 Å². The van der Waals surface area contributed by atoms with Crippen LogP contribution in [0.3, 0.4) is 0 Å². The molecule has 0 saturated heterocycles. The monoisotopic (exact) mass is 131 g/mol. The summed E-state index contributed by atoms with van der Waals surface area (Å²) in [5, 5.41) is 7.32. The van der Waals surface area contributed by atoms with Crippen LogP contribution in [0, 0.1) is 11.3 Å². The fourth-order valence-electron chi connectivity index (χ4n) is 0.0962. The lowest BCUT2D eigenvalue weighted by Crippen LogP contribution is -2.05. The number of rotatable bonds is 2. The van der Waals surface area contributed by atoms with Gasteiger partial charge in [0.25, 0.3) is 0 Å². The van der Waals surface area contributed by atoms with Crippen molar-refractivity contribution < 1.29 is 9.47 Å². The van der Waals surface area contributed by atoms with Crippen molar-refractivity contribution in [1.82, 2.24) is 0 Å². The van der Waals surface area contributed by atoms with Crippen LogP contribution in [-0.2, 0) is 9.47 Å². The molecule has 0 radical (unpaired) electrons. The first-order valence-corrected chi connectivity index (χ1v) is 2.59. The number of nitrogens with zero attached hydrogens (tertiary/aromatic N) is 1. The van der Waals surface area contributed by atoms with E-state index in [0.29, 0.717) is 0 Å². The SMILES string of the molecule is CC#N.COC(C)OC. The molecule has 0 spiro atoms. The number of methoxy groups -OCH3 is 2. The molecule has 0 aromatic carbocycles. The quantitative estimate of drug-likeness (QED) is 0.528. The number of hydrogen-bond donors (Lipinski definition) is 0. The molecular formula is C6H13NO2. The summed E-state index contributed by atoms with van der Waals surface area (Å²) in [4.78, 5) is 0. The van der Waals surface area contributed by atoms with Gasteiger partial charge in [0.05, 0.1) is 6.07 Å². The zero-order chi connectivity index (χ0) is 7.70. The molecule has 0 atom stereocenters. The van der Waals surface area contributed by atoms with Gasteiger partial charge in [0, 0.05) is 21.1 Å². The molecule has 0 fully saturated rings. The molecule has 0 aliphatic heterocycles. The Labute approximate surface area is 56.2 Å². The fourth-order valence-corrected chi connectivity index (χ4v) is 0.0962. The summed E-state index contributed by atoms with van der Waals surface area (Å²) in [6.45, 7) is 3.26. The van der Waals surface area contributed by atoms with Crippen LogP contribution < -0.4 is 0 Å². The van der Waals surface area contributed by atoms with Crippen molar-refractivity contribution in [1.29, 1.82) is 5.26 Å². The zero-order valence-electron chi connectivity index (χ0n) is 6.34. The summed E-state index contributed by atoms with van der Waals surface area (Å²) < 4.78 is 9.35. The van der Waals surface area contributed by atoms with Gasteiger partial charge in [-0.3, -0.25) is 0 Å². The van der Waals surface area contributed by atoms with Gasteiger partial charge in [-0.15, -0.1) is 0 Å². The topological polar surface area (TPSA) is 42.2 Å². The van der Waals surface area contributed by atoms with Gasteiger partial charge in [0.2, 0.25) is 0 Å². The molecule has 0 aromatic rings. The molecule has 0 bridgehead atoms. The molecule has 0 aliphatic carbocycles. The highest BCUT2D eigenvalue weighted by atomic mass is 16.7. The second-order valence-corrected chi connectivity index (χ2v) is 1.26. The van der Waals surface area contributed by atoms with E-state index in [9.17, 15) is 0 Å². The van der Waals surface area contributed by atoms with Gasteiger partial charge in [0.15, 0.2) is 6.29 Å². The van der Waals surface area contributed by atoms with Crippen LogP contribution in [0.2, 0.25) is 0 Å². The minimum atomic E-state index is -0.0648. The minimum Gasteiger partial charge on any atom is -0.356 e. The van der Waals surface area contributed by atoms with E-state index in [1.165, 1.54) is 6.92 Å². The summed E-state index contributed by atoms with van der Waals surface area (Å²) in [5.74, 6) is 0. The van der Waals surface area contributed by atoms with Crippen LogP contribution in [0.15, 0.2) is 0 Å². The first kappa shape index (κ1) is 11.2. The fraction of sp³-hybridized carbons (Fsp3) is 0.833. The largest absolute Gasteiger partial charge is 0.356 e. The summed E-state index contributed by atoms with van der Waals surface area (Å²) in [6.07, 6.45) is -0.0648. The van der Waals surface area contributed by atoms with Crippen LogP contribution in [0.25, 0.3) is 0 Å². The molecular weight excluding hydrogens is 118 g/mol. The Morgan fingerprint density at radius 2 is 1.56 bits per heavy atom. The normalized spacial score (nSPS) is 7.56. The molecule has 0 unspecified atom stereocenters. The van der Waals surface area contributed by atoms with Crippen LogP contribution >= 0.6 is 0 Å². The van der Waals surface area contributed by atoms with Crippen LogP contribution in [0.4, 0.5) is 0 Å². The van der Waals surface area contributed by atoms with Crippen LogP contribution in [0.5, 0.6) is 0 Å². The predicted octanol–water partition coefficient (Wildman–Crippen LogP) is 1.16. The third kappa shape index (κ3) is 18.7. The summed E-state index contributed by atoms with van der Waals surface area (Å²) >= 11 is 0. The van der Waals surface area contributed by atoms with Gasteiger partial charge in [-0.25, -0.2) is 0 Å². The maximum absolute atomic E-state index is 7.32. The second kappa shape index (κ2) is 10.4. The Bertz CT molecular complexity index is 73.6. The smallest absolute Gasteiger partial charge is 0.154 e. The first-order chi connectivity index (χ1) is 4.22. The first-order valence-electron chi connectivity index (χ1n) is 2.59. The predicted molar refractivity (Wildman–Crippen MR) is 34.8 cm³/mol. The van der Waals surface area contributed by atoms with E-state index in [1.807, 2.05) is 6.92 Å². The van der Waals surface area contributed by atoms with Crippen LogP contribution in [0.1, 0.15) is 13.8 Å². The van der Waals surface area contributed by atoms with Gasteiger partial charge < -0.3 is 9.47 Å². The molecule has 0 heterocycles. The maximum atomic E-state index is 7.32. The van der Waals surface area contributed by atoms with Crippen molar-refractivity contribution in [2.45, 2.75) is 20.1 Å². The standard InChI is InChI=1S/C4H10O2.C2H3N/c1-4(5-2)6-3;1-2-3/h4H,1-3H3;1H3. The lowest BCUT2D eigenvalue weighted by molar-refractivity contribution is -0.0877. The Morgan fingerprint density at radius 3 is 1.56 bits per heavy atom. The van der Waals surface area contributed by atoms with E-state index < -0.39 is 0 Å². The van der Waals surface area contributed by atoms with E-state index >= 15 is 0 Å². The number of hydrogen-bond acceptors (Lipinski definition) is 3. The third-order valence-electron chi connectivity index (χ3n) is 0.664. The van der Waals surface area contributed by atoms with Crippen molar-refractivity contribution >= 4 is 0 Å². The average molecular weight is 131 g/mol. The van der Waals surface area contributed by atoms with Crippen molar-refractivity contribution in [3.05, 3.63) is 0 Å². The summed E-state index contributed by atoms with van der Waals surface area (Å²) in [6, 6.07) is 1.75. The molecule has 3 nitrogen and oxygen atoms in total. The molecule has 54 valence electrons. The minimum absolute atomic E-state index is 0.0648. The molecule has 0 aromatic heterocycles. The molecule has 3 heteroatoms. The maximum Gasteiger partial charge on any atom is 0.154 e.